The molecule has 0 atom stereocenters. The molecule has 0 aliphatic rings. The van der Waals surface area contributed by atoms with Gasteiger partial charge in [0.2, 0.25) is 5.89 Å². The summed E-state index contributed by atoms with van der Waals surface area (Å²) < 4.78 is 23.7. The summed E-state index contributed by atoms with van der Waals surface area (Å²) in [6.45, 7) is 3.30. The molecule has 1 aromatic carbocycles. The van der Waals surface area contributed by atoms with Crippen LogP contribution in [-0.2, 0) is 6.54 Å². The van der Waals surface area contributed by atoms with Gasteiger partial charge in [-0.25, -0.2) is 4.39 Å². The SMILES string of the molecule is CCNCc1nnc(Nc2ccc(OC)c(F)c2)o1. The Hall–Kier alpha value is -2.15. The number of ether oxygens (including phenoxy) is 1. The molecule has 0 unspecified atom stereocenters. The Morgan fingerprint density at radius 1 is 1.37 bits per heavy atom. The first kappa shape index (κ1) is 13.3. The molecule has 2 aromatic rings. The van der Waals surface area contributed by atoms with Gasteiger partial charge in [-0.05, 0) is 18.7 Å². The molecule has 19 heavy (non-hydrogen) atoms. The zero-order valence-corrected chi connectivity index (χ0v) is 10.7. The maximum Gasteiger partial charge on any atom is 0.320 e. The molecule has 0 saturated carbocycles. The van der Waals surface area contributed by atoms with Gasteiger partial charge in [-0.3, -0.25) is 0 Å². The van der Waals surface area contributed by atoms with Crippen LogP contribution in [0.2, 0.25) is 0 Å². The fourth-order valence-electron chi connectivity index (χ4n) is 1.48. The van der Waals surface area contributed by atoms with Crippen LogP contribution in [0.3, 0.4) is 0 Å². The lowest BCUT2D eigenvalue weighted by Crippen LogP contribution is -2.11. The molecule has 0 radical (unpaired) electrons. The summed E-state index contributed by atoms with van der Waals surface area (Å²) in [5.41, 5.74) is 0.511. The highest BCUT2D eigenvalue weighted by atomic mass is 19.1. The quantitative estimate of drug-likeness (QED) is 0.834. The van der Waals surface area contributed by atoms with Crippen LogP contribution >= 0.6 is 0 Å². The van der Waals surface area contributed by atoms with Gasteiger partial charge in [0, 0.05) is 11.8 Å². The lowest BCUT2D eigenvalue weighted by Gasteiger charge is -2.04. The van der Waals surface area contributed by atoms with Gasteiger partial charge in [-0.2, -0.15) is 0 Å². The van der Waals surface area contributed by atoms with Crippen molar-refractivity contribution in [3.8, 4) is 5.75 Å². The van der Waals surface area contributed by atoms with Crippen molar-refractivity contribution in [1.82, 2.24) is 15.5 Å². The van der Waals surface area contributed by atoms with Crippen LogP contribution in [0, 0.1) is 5.82 Å². The fourth-order valence-corrected chi connectivity index (χ4v) is 1.48. The molecule has 0 spiro atoms. The molecule has 0 aliphatic carbocycles. The molecule has 1 aromatic heterocycles. The van der Waals surface area contributed by atoms with Crippen LogP contribution in [0.15, 0.2) is 22.6 Å². The van der Waals surface area contributed by atoms with Crippen LogP contribution in [0.1, 0.15) is 12.8 Å². The number of anilines is 2. The van der Waals surface area contributed by atoms with Crippen LogP contribution in [0.5, 0.6) is 5.75 Å². The molecular formula is C12H15FN4O2. The van der Waals surface area contributed by atoms with Crippen molar-refractivity contribution in [3.63, 3.8) is 0 Å². The number of methoxy groups -OCH3 is 1. The van der Waals surface area contributed by atoms with Crippen molar-refractivity contribution in [2.45, 2.75) is 13.5 Å². The van der Waals surface area contributed by atoms with Gasteiger partial charge < -0.3 is 19.8 Å². The lowest BCUT2D eigenvalue weighted by atomic mass is 10.3. The minimum absolute atomic E-state index is 0.184. The van der Waals surface area contributed by atoms with E-state index in [1.165, 1.54) is 19.2 Å². The van der Waals surface area contributed by atoms with E-state index in [0.717, 1.165) is 6.54 Å². The lowest BCUT2D eigenvalue weighted by molar-refractivity contribution is 0.386. The summed E-state index contributed by atoms with van der Waals surface area (Å²) in [7, 11) is 1.41. The summed E-state index contributed by atoms with van der Waals surface area (Å²) in [4.78, 5) is 0. The number of hydrogen-bond acceptors (Lipinski definition) is 6. The van der Waals surface area contributed by atoms with Gasteiger partial charge >= 0.3 is 6.01 Å². The zero-order chi connectivity index (χ0) is 13.7. The van der Waals surface area contributed by atoms with Crippen molar-refractivity contribution in [1.29, 1.82) is 0 Å². The third-order valence-corrected chi connectivity index (χ3v) is 2.40. The Morgan fingerprint density at radius 2 is 2.21 bits per heavy atom. The fraction of sp³-hybridized carbons (Fsp3) is 0.333. The first-order chi connectivity index (χ1) is 9.22. The van der Waals surface area contributed by atoms with Crippen molar-refractivity contribution < 1.29 is 13.5 Å². The maximum absolute atomic E-state index is 13.5. The molecular weight excluding hydrogens is 251 g/mol. The van der Waals surface area contributed by atoms with Crippen LogP contribution in [-0.4, -0.2) is 23.9 Å². The largest absolute Gasteiger partial charge is 0.494 e. The van der Waals surface area contributed by atoms with E-state index < -0.39 is 5.82 Å². The van der Waals surface area contributed by atoms with E-state index in [2.05, 4.69) is 20.8 Å². The summed E-state index contributed by atoms with van der Waals surface area (Å²) >= 11 is 0. The van der Waals surface area contributed by atoms with Gasteiger partial charge in [0.25, 0.3) is 0 Å². The number of benzene rings is 1. The summed E-state index contributed by atoms with van der Waals surface area (Å²) in [6, 6.07) is 4.70. The van der Waals surface area contributed by atoms with E-state index in [-0.39, 0.29) is 11.8 Å². The van der Waals surface area contributed by atoms with Crippen LogP contribution in [0.4, 0.5) is 16.1 Å². The Morgan fingerprint density at radius 3 is 2.89 bits per heavy atom. The highest BCUT2D eigenvalue weighted by Crippen LogP contribution is 2.22. The van der Waals surface area contributed by atoms with Crippen molar-refractivity contribution >= 4 is 11.7 Å². The van der Waals surface area contributed by atoms with Crippen LogP contribution < -0.4 is 15.4 Å². The molecule has 6 nitrogen and oxygen atoms in total. The molecule has 7 heteroatoms. The zero-order valence-electron chi connectivity index (χ0n) is 10.7. The van der Waals surface area contributed by atoms with E-state index in [0.29, 0.717) is 18.1 Å². The average molecular weight is 266 g/mol. The minimum Gasteiger partial charge on any atom is -0.494 e. The van der Waals surface area contributed by atoms with Crippen LogP contribution in [0.25, 0.3) is 0 Å². The highest BCUT2D eigenvalue weighted by molar-refractivity contribution is 5.53. The Bertz CT molecular complexity index is 544. The number of nitrogens with zero attached hydrogens (tertiary/aromatic N) is 2. The number of nitrogens with one attached hydrogen (secondary N) is 2. The minimum atomic E-state index is -0.458. The molecule has 2 rings (SSSR count). The molecule has 0 aliphatic heterocycles. The molecule has 0 amide bonds. The first-order valence-electron chi connectivity index (χ1n) is 5.86. The third-order valence-electron chi connectivity index (χ3n) is 2.40. The molecule has 2 N–H and O–H groups in total. The number of hydrogen-bond donors (Lipinski definition) is 2. The van der Waals surface area contributed by atoms with Gasteiger partial charge in [-0.1, -0.05) is 12.0 Å². The summed E-state index contributed by atoms with van der Waals surface area (Å²) in [6.07, 6.45) is 0. The monoisotopic (exact) mass is 266 g/mol. The topological polar surface area (TPSA) is 72.2 Å². The van der Waals surface area contributed by atoms with Gasteiger partial charge in [0.15, 0.2) is 11.6 Å². The Balaban J connectivity index is 2.04. The number of halogens is 1. The predicted molar refractivity (Wildman–Crippen MR) is 67.9 cm³/mol. The summed E-state index contributed by atoms with van der Waals surface area (Å²) in [5.74, 6) is 0.196. The molecule has 0 bridgehead atoms. The standard InChI is InChI=1S/C12H15FN4O2/c1-3-14-7-11-16-17-12(19-11)15-8-4-5-10(18-2)9(13)6-8/h4-6,14H,3,7H2,1-2H3,(H,15,17). The van der Waals surface area contributed by atoms with Gasteiger partial charge in [0.1, 0.15) is 0 Å². The molecule has 0 saturated heterocycles. The molecule has 102 valence electrons. The third kappa shape index (κ3) is 3.41. The van der Waals surface area contributed by atoms with E-state index in [4.69, 9.17) is 9.15 Å². The van der Waals surface area contributed by atoms with E-state index in [9.17, 15) is 4.39 Å². The van der Waals surface area contributed by atoms with Crippen molar-refractivity contribution in [3.05, 3.63) is 29.9 Å². The smallest absolute Gasteiger partial charge is 0.320 e. The normalized spacial score (nSPS) is 10.5. The number of aromatic nitrogens is 2. The second-order valence-corrected chi connectivity index (χ2v) is 3.76. The highest BCUT2D eigenvalue weighted by Gasteiger charge is 2.08. The molecule has 1 heterocycles. The van der Waals surface area contributed by atoms with Crippen molar-refractivity contribution in [2.75, 3.05) is 19.0 Å². The second kappa shape index (κ2) is 6.14. The van der Waals surface area contributed by atoms with Gasteiger partial charge in [0.05, 0.1) is 13.7 Å². The van der Waals surface area contributed by atoms with E-state index >= 15 is 0 Å². The van der Waals surface area contributed by atoms with E-state index in [1.807, 2.05) is 6.92 Å². The van der Waals surface area contributed by atoms with E-state index in [1.54, 1.807) is 6.07 Å². The Labute approximate surface area is 110 Å². The summed E-state index contributed by atoms with van der Waals surface area (Å²) in [5, 5.41) is 13.6. The van der Waals surface area contributed by atoms with Gasteiger partial charge in [-0.15, -0.1) is 5.10 Å². The van der Waals surface area contributed by atoms with Crippen molar-refractivity contribution in [2.24, 2.45) is 0 Å². The first-order valence-corrected chi connectivity index (χ1v) is 5.86. The molecule has 0 fully saturated rings. The number of rotatable bonds is 6. The maximum atomic E-state index is 13.5. The predicted octanol–water partition coefficient (Wildman–Crippen LogP) is 2.07. The second-order valence-electron chi connectivity index (χ2n) is 3.76. The Kier molecular flexibility index (Phi) is 4.30. The average Bonchev–Trinajstić information content (AvgIpc) is 2.84.